The molecule has 1 aliphatic rings. The number of rotatable bonds is 3. The number of aryl methyl sites for hydroxylation is 1. The Hall–Kier alpha value is -1.66. The molecule has 0 saturated heterocycles. The molecule has 1 unspecified atom stereocenters. The van der Waals surface area contributed by atoms with E-state index in [0.29, 0.717) is 12.0 Å². The van der Waals surface area contributed by atoms with Crippen molar-refractivity contribution in [1.29, 1.82) is 0 Å². The van der Waals surface area contributed by atoms with Crippen LogP contribution in [0.15, 0.2) is 27.9 Å². The molecule has 3 atom stereocenters. The molecule has 0 aliphatic heterocycles. The van der Waals surface area contributed by atoms with Gasteiger partial charge in [0.2, 0.25) is 0 Å². The minimum atomic E-state index is -0.814. The van der Waals surface area contributed by atoms with Gasteiger partial charge in [0.05, 0.1) is 18.8 Å². The molecular weight excluding hydrogens is 236 g/mol. The topological polar surface area (TPSA) is 95.3 Å². The predicted molar refractivity (Wildman–Crippen MR) is 65.4 cm³/mol. The zero-order valence-corrected chi connectivity index (χ0v) is 10.0. The predicted octanol–water partition coefficient (Wildman–Crippen LogP) is -0.685. The molecule has 0 bridgehead atoms. The van der Waals surface area contributed by atoms with Crippen LogP contribution in [-0.4, -0.2) is 32.5 Å². The molecule has 0 aromatic carbocycles. The molecule has 0 amide bonds. The zero-order valence-electron chi connectivity index (χ0n) is 10.0. The van der Waals surface area contributed by atoms with E-state index in [0.717, 1.165) is 0 Å². The van der Waals surface area contributed by atoms with Crippen LogP contribution in [0.25, 0.3) is 0 Å². The van der Waals surface area contributed by atoms with Crippen LogP contribution in [0.5, 0.6) is 0 Å². The molecule has 2 rings (SSSR count). The lowest BCUT2D eigenvalue weighted by atomic mass is 10.0. The quantitative estimate of drug-likeness (QED) is 0.621. The molecule has 1 aromatic rings. The second-order valence-corrected chi connectivity index (χ2v) is 4.58. The smallest absolute Gasteiger partial charge is 0.328 e. The third-order valence-corrected chi connectivity index (χ3v) is 3.28. The standard InChI is InChI=1S/C12H16N2O4/c1-7-5-14(12(18)13-11(7)17)9-3-2-8(4-9)10(16)6-15/h2-3,5,8-10,15-16H,4,6H2,1H3,(H,13,17,18)/t8-,9+,10?/m1/s1. The molecule has 3 N–H and O–H groups in total. The molecular formula is C12H16N2O4. The summed E-state index contributed by atoms with van der Waals surface area (Å²) in [5.74, 6) is -0.167. The maximum absolute atomic E-state index is 11.7. The number of nitrogens with one attached hydrogen (secondary N) is 1. The summed E-state index contributed by atoms with van der Waals surface area (Å²) < 4.78 is 1.44. The summed E-state index contributed by atoms with van der Waals surface area (Å²) in [6.45, 7) is 1.33. The van der Waals surface area contributed by atoms with Crippen LogP contribution in [0.4, 0.5) is 0 Å². The van der Waals surface area contributed by atoms with Gasteiger partial charge in [-0.15, -0.1) is 0 Å². The van der Waals surface area contributed by atoms with Crippen LogP contribution in [0.3, 0.4) is 0 Å². The number of hydrogen-bond acceptors (Lipinski definition) is 4. The van der Waals surface area contributed by atoms with Crippen LogP contribution in [-0.2, 0) is 0 Å². The highest BCUT2D eigenvalue weighted by Crippen LogP contribution is 2.28. The van der Waals surface area contributed by atoms with E-state index < -0.39 is 11.8 Å². The summed E-state index contributed by atoms with van der Waals surface area (Å²) in [4.78, 5) is 25.2. The van der Waals surface area contributed by atoms with Gasteiger partial charge in [0.1, 0.15) is 0 Å². The highest BCUT2D eigenvalue weighted by atomic mass is 16.3. The Kier molecular flexibility index (Phi) is 3.49. The maximum atomic E-state index is 11.7. The fourth-order valence-electron chi connectivity index (χ4n) is 2.17. The Labute approximate surface area is 103 Å². The van der Waals surface area contributed by atoms with E-state index in [-0.39, 0.29) is 24.1 Å². The number of hydrogen-bond donors (Lipinski definition) is 3. The first-order valence-corrected chi connectivity index (χ1v) is 5.82. The van der Waals surface area contributed by atoms with E-state index in [2.05, 4.69) is 4.98 Å². The first kappa shape index (κ1) is 12.8. The largest absolute Gasteiger partial charge is 0.394 e. The van der Waals surface area contributed by atoms with Gasteiger partial charge in [-0.05, 0) is 13.3 Å². The highest BCUT2D eigenvalue weighted by Gasteiger charge is 2.26. The van der Waals surface area contributed by atoms with Crippen molar-refractivity contribution < 1.29 is 10.2 Å². The summed E-state index contributed by atoms with van der Waals surface area (Å²) in [5, 5.41) is 18.4. The fraction of sp³-hybridized carbons (Fsp3) is 0.500. The minimum Gasteiger partial charge on any atom is -0.394 e. The van der Waals surface area contributed by atoms with Crippen LogP contribution < -0.4 is 11.2 Å². The maximum Gasteiger partial charge on any atom is 0.328 e. The molecule has 0 radical (unpaired) electrons. The monoisotopic (exact) mass is 252 g/mol. The van der Waals surface area contributed by atoms with Gasteiger partial charge in [-0.2, -0.15) is 0 Å². The molecule has 18 heavy (non-hydrogen) atoms. The van der Waals surface area contributed by atoms with E-state index >= 15 is 0 Å². The van der Waals surface area contributed by atoms with Gasteiger partial charge in [0, 0.05) is 17.7 Å². The molecule has 0 fully saturated rings. The van der Waals surface area contributed by atoms with Crippen molar-refractivity contribution in [3.63, 3.8) is 0 Å². The van der Waals surface area contributed by atoms with Gasteiger partial charge in [-0.3, -0.25) is 14.3 Å². The molecule has 6 nitrogen and oxygen atoms in total. The Bertz CT molecular complexity index is 572. The third-order valence-electron chi connectivity index (χ3n) is 3.28. The lowest BCUT2D eigenvalue weighted by Gasteiger charge is -2.17. The van der Waals surface area contributed by atoms with Crippen LogP contribution in [0, 0.1) is 12.8 Å². The van der Waals surface area contributed by atoms with Crippen LogP contribution >= 0.6 is 0 Å². The van der Waals surface area contributed by atoms with E-state index in [9.17, 15) is 14.7 Å². The Balaban J connectivity index is 2.26. The van der Waals surface area contributed by atoms with Crippen molar-refractivity contribution in [1.82, 2.24) is 9.55 Å². The van der Waals surface area contributed by atoms with E-state index in [4.69, 9.17) is 5.11 Å². The van der Waals surface area contributed by atoms with Crippen molar-refractivity contribution in [2.24, 2.45) is 5.92 Å². The lowest BCUT2D eigenvalue weighted by molar-refractivity contribution is 0.0603. The first-order chi connectivity index (χ1) is 8.52. The minimum absolute atomic E-state index is 0.167. The third kappa shape index (κ3) is 2.30. The first-order valence-electron chi connectivity index (χ1n) is 5.82. The summed E-state index contributed by atoms with van der Waals surface area (Å²) in [6.07, 6.45) is 4.84. The number of nitrogens with zero attached hydrogens (tertiary/aromatic N) is 1. The number of aliphatic hydroxyl groups is 2. The highest BCUT2D eigenvalue weighted by molar-refractivity contribution is 5.10. The number of aromatic amines is 1. The average molecular weight is 252 g/mol. The lowest BCUT2D eigenvalue weighted by Crippen LogP contribution is -2.33. The fourth-order valence-corrected chi connectivity index (χ4v) is 2.17. The zero-order chi connectivity index (χ0) is 13.3. The second kappa shape index (κ2) is 4.91. The van der Waals surface area contributed by atoms with Gasteiger partial charge >= 0.3 is 5.69 Å². The molecule has 0 saturated carbocycles. The molecule has 98 valence electrons. The normalized spacial score (nSPS) is 24.4. The molecule has 0 spiro atoms. The van der Waals surface area contributed by atoms with E-state index in [1.807, 2.05) is 6.08 Å². The molecule has 1 aliphatic carbocycles. The Morgan fingerprint density at radius 3 is 2.89 bits per heavy atom. The molecule has 1 aromatic heterocycles. The van der Waals surface area contributed by atoms with Crippen LogP contribution in [0.2, 0.25) is 0 Å². The Morgan fingerprint density at radius 2 is 2.22 bits per heavy atom. The van der Waals surface area contributed by atoms with Gasteiger partial charge in [0.15, 0.2) is 0 Å². The summed E-state index contributed by atoms with van der Waals surface area (Å²) in [5.41, 5.74) is -0.376. The number of aromatic nitrogens is 2. The van der Waals surface area contributed by atoms with Gasteiger partial charge in [0.25, 0.3) is 5.56 Å². The number of allylic oxidation sites excluding steroid dienone is 1. The van der Waals surface area contributed by atoms with Crippen LogP contribution in [0.1, 0.15) is 18.0 Å². The van der Waals surface area contributed by atoms with Crippen molar-refractivity contribution in [2.45, 2.75) is 25.5 Å². The number of H-pyrrole nitrogens is 1. The van der Waals surface area contributed by atoms with Gasteiger partial charge in [-0.25, -0.2) is 4.79 Å². The second-order valence-electron chi connectivity index (χ2n) is 4.58. The summed E-state index contributed by atoms with van der Waals surface area (Å²) >= 11 is 0. The Morgan fingerprint density at radius 1 is 1.50 bits per heavy atom. The van der Waals surface area contributed by atoms with Crippen molar-refractivity contribution in [2.75, 3.05) is 6.61 Å². The van der Waals surface area contributed by atoms with Crippen molar-refractivity contribution in [3.05, 3.63) is 44.8 Å². The average Bonchev–Trinajstić information content (AvgIpc) is 2.82. The van der Waals surface area contributed by atoms with Gasteiger partial charge in [-0.1, -0.05) is 12.2 Å². The van der Waals surface area contributed by atoms with Crippen molar-refractivity contribution >= 4 is 0 Å². The SMILES string of the molecule is Cc1cn([C@H]2C=C[C@@H](C(O)CO)C2)c(=O)[nH]c1=O. The summed E-state index contributed by atoms with van der Waals surface area (Å²) in [7, 11) is 0. The van der Waals surface area contributed by atoms with E-state index in [1.54, 1.807) is 13.0 Å². The summed E-state index contributed by atoms with van der Waals surface area (Å²) in [6, 6.07) is -0.195. The van der Waals surface area contributed by atoms with Gasteiger partial charge < -0.3 is 10.2 Å². The van der Waals surface area contributed by atoms with E-state index in [1.165, 1.54) is 10.8 Å². The molecule has 1 heterocycles. The number of aliphatic hydroxyl groups excluding tert-OH is 2. The molecule has 6 heteroatoms. The van der Waals surface area contributed by atoms with Crippen molar-refractivity contribution in [3.8, 4) is 0 Å².